The lowest BCUT2D eigenvalue weighted by atomic mass is 9.85. The van der Waals surface area contributed by atoms with Crippen molar-refractivity contribution >= 4 is 15.9 Å². The molecule has 0 aromatic heterocycles. The Bertz CT molecular complexity index is 821. The molecule has 156 valence electrons. The number of hydrogen-bond acceptors (Lipinski definition) is 4. The average Bonchev–Trinajstić information content (AvgIpc) is 3.14. The van der Waals surface area contributed by atoms with Crippen molar-refractivity contribution in [3.8, 4) is 0 Å². The lowest BCUT2D eigenvalue weighted by molar-refractivity contribution is -0.142. The highest BCUT2D eigenvalue weighted by molar-refractivity contribution is 7.89. The van der Waals surface area contributed by atoms with Crippen molar-refractivity contribution in [3.63, 3.8) is 0 Å². The highest BCUT2D eigenvalue weighted by atomic mass is 32.2. The molecule has 0 unspecified atom stereocenters. The molecule has 7 heteroatoms. The lowest BCUT2D eigenvalue weighted by Crippen LogP contribution is -2.52. The Morgan fingerprint density at radius 3 is 2.11 bits per heavy atom. The van der Waals surface area contributed by atoms with Gasteiger partial charge in [-0.25, -0.2) is 8.42 Å². The van der Waals surface area contributed by atoms with Gasteiger partial charge in [-0.3, -0.25) is 4.79 Å². The van der Waals surface area contributed by atoms with Gasteiger partial charge in [0.05, 0.1) is 4.90 Å². The Balaban J connectivity index is 1.76. The zero-order chi connectivity index (χ0) is 20.7. The summed E-state index contributed by atoms with van der Waals surface area (Å²) >= 11 is 0. The van der Waals surface area contributed by atoms with Gasteiger partial charge in [-0.1, -0.05) is 32.9 Å². The molecule has 28 heavy (non-hydrogen) atoms. The largest absolute Gasteiger partial charge is 0.368 e. The molecule has 2 aliphatic rings. The minimum atomic E-state index is -3.59. The Labute approximate surface area is 168 Å². The second-order valence-electron chi connectivity index (χ2n) is 8.92. The van der Waals surface area contributed by atoms with Crippen LogP contribution < -0.4 is 0 Å². The summed E-state index contributed by atoms with van der Waals surface area (Å²) in [6, 6.07) is 3.97. The highest BCUT2D eigenvalue weighted by Crippen LogP contribution is 2.31. The van der Waals surface area contributed by atoms with Crippen LogP contribution in [0.3, 0.4) is 0 Å². The van der Waals surface area contributed by atoms with E-state index >= 15 is 0 Å². The first-order valence-electron chi connectivity index (χ1n) is 10.0. The van der Waals surface area contributed by atoms with Crippen LogP contribution in [0.1, 0.15) is 50.3 Å². The summed E-state index contributed by atoms with van der Waals surface area (Å²) in [5.41, 5.74) is 2.66. The van der Waals surface area contributed by atoms with Gasteiger partial charge in [0.2, 0.25) is 10.0 Å². The molecule has 2 aliphatic heterocycles. The van der Waals surface area contributed by atoms with Gasteiger partial charge in [-0.05, 0) is 48.8 Å². The molecule has 2 fully saturated rings. The number of amides is 1. The van der Waals surface area contributed by atoms with Gasteiger partial charge in [0, 0.05) is 32.8 Å². The first kappa shape index (κ1) is 21.3. The van der Waals surface area contributed by atoms with Crippen LogP contribution in [-0.4, -0.2) is 62.4 Å². The van der Waals surface area contributed by atoms with Crippen molar-refractivity contribution < 1.29 is 17.9 Å². The van der Waals surface area contributed by atoms with E-state index < -0.39 is 10.0 Å². The second-order valence-corrected chi connectivity index (χ2v) is 10.8. The summed E-state index contributed by atoms with van der Waals surface area (Å²) in [6.07, 6.45) is 1.32. The summed E-state index contributed by atoms with van der Waals surface area (Å²) < 4.78 is 33.6. The minimum Gasteiger partial charge on any atom is -0.368 e. The quantitative estimate of drug-likeness (QED) is 0.771. The number of piperazine rings is 1. The minimum absolute atomic E-state index is 0.00330. The van der Waals surface area contributed by atoms with Crippen LogP contribution in [-0.2, 0) is 25.0 Å². The molecule has 1 aromatic rings. The molecule has 0 N–H and O–H groups in total. The van der Waals surface area contributed by atoms with Crippen molar-refractivity contribution in [1.29, 1.82) is 0 Å². The van der Waals surface area contributed by atoms with Crippen LogP contribution in [0.2, 0.25) is 0 Å². The van der Waals surface area contributed by atoms with E-state index in [2.05, 4.69) is 20.8 Å². The zero-order valence-corrected chi connectivity index (χ0v) is 18.4. The topological polar surface area (TPSA) is 66.9 Å². The number of rotatable bonds is 3. The fourth-order valence-corrected chi connectivity index (χ4v) is 5.88. The Morgan fingerprint density at radius 1 is 1.07 bits per heavy atom. The Morgan fingerprint density at radius 2 is 1.64 bits per heavy atom. The summed E-state index contributed by atoms with van der Waals surface area (Å²) in [5, 5.41) is 0. The first-order chi connectivity index (χ1) is 13.0. The molecule has 0 bridgehead atoms. The third kappa shape index (κ3) is 4.11. The number of carbonyl (C=O) groups excluding carboxylic acids is 1. The molecular weight excluding hydrogens is 376 g/mol. The standard InChI is InChI=1S/C21H32N2O4S/c1-15-13-17(21(3,4)5)14-16(2)19(15)28(25,26)23-10-8-22(9-11-23)20(24)18-7-6-12-27-18/h13-14,18H,6-12H2,1-5H3/t18-/m1/s1. The van der Waals surface area contributed by atoms with E-state index in [4.69, 9.17) is 4.74 Å². The number of benzene rings is 1. The molecule has 0 saturated carbocycles. The van der Waals surface area contributed by atoms with Gasteiger partial charge in [-0.15, -0.1) is 0 Å². The molecule has 1 atom stereocenters. The van der Waals surface area contributed by atoms with Crippen LogP contribution in [0.4, 0.5) is 0 Å². The highest BCUT2D eigenvalue weighted by Gasteiger charge is 2.35. The second kappa shape index (κ2) is 7.76. The molecule has 2 heterocycles. The number of hydrogen-bond donors (Lipinski definition) is 0. The van der Waals surface area contributed by atoms with Gasteiger partial charge in [-0.2, -0.15) is 4.31 Å². The smallest absolute Gasteiger partial charge is 0.251 e. The SMILES string of the molecule is Cc1cc(C(C)(C)C)cc(C)c1S(=O)(=O)N1CCN(C(=O)[C@H]2CCCO2)CC1. The Hall–Kier alpha value is -1.44. The van der Waals surface area contributed by atoms with Crippen molar-refractivity contribution in [2.75, 3.05) is 32.8 Å². The maximum absolute atomic E-state index is 13.3. The van der Waals surface area contributed by atoms with Gasteiger partial charge < -0.3 is 9.64 Å². The van der Waals surface area contributed by atoms with E-state index in [1.807, 2.05) is 26.0 Å². The maximum Gasteiger partial charge on any atom is 0.251 e. The van der Waals surface area contributed by atoms with Crippen LogP contribution >= 0.6 is 0 Å². The summed E-state index contributed by atoms with van der Waals surface area (Å²) in [6.45, 7) is 12.2. The third-order valence-corrected chi connectivity index (χ3v) is 7.88. The molecule has 0 radical (unpaired) electrons. The molecule has 6 nitrogen and oxygen atoms in total. The van der Waals surface area contributed by atoms with Crippen molar-refractivity contribution in [2.24, 2.45) is 0 Å². The van der Waals surface area contributed by atoms with E-state index in [0.29, 0.717) is 37.7 Å². The molecule has 0 aliphatic carbocycles. The van der Waals surface area contributed by atoms with Crippen molar-refractivity contribution in [2.45, 2.75) is 63.9 Å². The number of aryl methyl sites for hydroxylation is 2. The van der Waals surface area contributed by atoms with Crippen molar-refractivity contribution in [3.05, 3.63) is 28.8 Å². The van der Waals surface area contributed by atoms with Gasteiger partial charge >= 0.3 is 0 Å². The predicted molar refractivity (Wildman–Crippen MR) is 109 cm³/mol. The molecule has 0 spiro atoms. The molecule has 3 rings (SSSR count). The molecule has 1 amide bonds. The van der Waals surface area contributed by atoms with E-state index in [1.54, 1.807) is 4.90 Å². The normalized spacial score (nSPS) is 21.9. The monoisotopic (exact) mass is 408 g/mol. The first-order valence-corrected chi connectivity index (χ1v) is 11.5. The van der Waals surface area contributed by atoms with Gasteiger partial charge in [0.25, 0.3) is 5.91 Å². The van der Waals surface area contributed by atoms with E-state index in [-0.39, 0.29) is 17.4 Å². The third-order valence-electron chi connectivity index (χ3n) is 5.68. The summed E-state index contributed by atoms with van der Waals surface area (Å²) in [4.78, 5) is 14.6. The van der Waals surface area contributed by atoms with E-state index in [9.17, 15) is 13.2 Å². The van der Waals surface area contributed by atoms with Gasteiger partial charge in [0.15, 0.2) is 0 Å². The zero-order valence-electron chi connectivity index (χ0n) is 17.6. The van der Waals surface area contributed by atoms with Crippen LogP contribution in [0, 0.1) is 13.8 Å². The average molecular weight is 409 g/mol. The molecular formula is C21H32N2O4S. The predicted octanol–water partition coefficient (Wildman–Crippen LogP) is 2.61. The van der Waals surface area contributed by atoms with Crippen LogP contribution in [0.15, 0.2) is 17.0 Å². The number of ether oxygens (including phenoxy) is 1. The van der Waals surface area contributed by atoms with Gasteiger partial charge in [0.1, 0.15) is 6.10 Å². The van der Waals surface area contributed by atoms with E-state index in [1.165, 1.54) is 4.31 Å². The van der Waals surface area contributed by atoms with E-state index in [0.717, 1.165) is 29.5 Å². The van der Waals surface area contributed by atoms with Crippen LogP contribution in [0.25, 0.3) is 0 Å². The summed E-state index contributed by atoms with van der Waals surface area (Å²) in [5.74, 6) is -0.00330. The number of nitrogens with zero attached hydrogens (tertiary/aromatic N) is 2. The number of sulfonamides is 1. The molecule has 1 aromatic carbocycles. The fourth-order valence-electron chi connectivity index (χ4n) is 4.04. The molecule has 2 saturated heterocycles. The lowest BCUT2D eigenvalue weighted by Gasteiger charge is -2.35. The fraction of sp³-hybridized carbons (Fsp3) is 0.667. The number of carbonyl (C=O) groups is 1. The van der Waals surface area contributed by atoms with Crippen LogP contribution in [0.5, 0.6) is 0 Å². The Kier molecular flexibility index (Phi) is 5.90. The maximum atomic E-state index is 13.3. The summed E-state index contributed by atoms with van der Waals surface area (Å²) in [7, 11) is -3.59. The van der Waals surface area contributed by atoms with Crippen molar-refractivity contribution in [1.82, 2.24) is 9.21 Å².